The van der Waals surface area contributed by atoms with Crippen molar-refractivity contribution in [3.05, 3.63) is 46.9 Å². The number of carbonyl (C=O) groups excluding carboxylic acids is 1. The van der Waals surface area contributed by atoms with Crippen LogP contribution < -0.4 is 4.72 Å². The third-order valence-electron chi connectivity index (χ3n) is 2.76. The van der Waals surface area contributed by atoms with Gasteiger partial charge in [0.05, 0.1) is 0 Å². The highest BCUT2D eigenvalue weighted by Gasteiger charge is 2.09. The summed E-state index contributed by atoms with van der Waals surface area (Å²) in [5.41, 5.74) is 2.37. The van der Waals surface area contributed by atoms with Crippen molar-refractivity contribution in [1.29, 1.82) is 0 Å². The molecule has 2 rings (SSSR count). The summed E-state index contributed by atoms with van der Waals surface area (Å²) in [7, 11) is 0. The van der Waals surface area contributed by atoms with E-state index in [4.69, 9.17) is 0 Å². The molecule has 0 aliphatic carbocycles. The molecule has 2 aromatic rings. The maximum atomic E-state index is 11.0. The number of rotatable bonds is 5. The lowest BCUT2D eigenvalue weighted by atomic mass is 10.1. The van der Waals surface area contributed by atoms with Crippen molar-refractivity contribution in [3.8, 4) is 11.1 Å². The van der Waals surface area contributed by atoms with Gasteiger partial charge in [0.1, 0.15) is 0 Å². The Morgan fingerprint density at radius 1 is 1.18 bits per heavy atom. The van der Waals surface area contributed by atoms with E-state index in [1.807, 2.05) is 23.9 Å². The summed E-state index contributed by atoms with van der Waals surface area (Å²) < 4.78 is 3.85. The predicted molar refractivity (Wildman–Crippen MR) is 100 cm³/mol. The second kappa shape index (κ2) is 8.09. The second-order valence-electron chi connectivity index (χ2n) is 5.10. The van der Waals surface area contributed by atoms with Gasteiger partial charge in [0.25, 0.3) is 0 Å². The van der Waals surface area contributed by atoms with Crippen LogP contribution in [-0.2, 0) is 4.79 Å². The van der Waals surface area contributed by atoms with E-state index in [1.165, 1.54) is 29.3 Å². The Morgan fingerprint density at radius 2 is 1.95 bits per heavy atom. The van der Waals surface area contributed by atoms with Crippen LogP contribution in [0.15, 0.2) is 56.7 Å². The van der Waals surface area contributed by atoms with Crippen LogP contribution in [0.4, 0.5) is 0 Å². The first-order chi connectivity index (χ1) is 10.5. The molecule has 0 heterocycles. The average Bonchev–Trinajstić information content (AvgIpc) is 2.45. The fourth-order valence-electron chi connectivity index (χ4n) is 1.94. The summed E-state index contributed by atoms with van der Waals surface area (Å²) in [4.78, 5) is 13.3. The molecule has 0 bridgehead atoms. The van der Waals surface area contributed by atoms with E-state index in [0.29, 0.717) is 5.25 Å². The number of hydrogen-bond acceptors (Lipinski definition) is 3. The van der Waals surface area contributed by atoms with E-state index in [1.54, 1.807) is 0 Å². The highest BCUT2D eigenvalue weighted by molar-refractivity contribution is 9.10. The third kappa shape index (κ3) is 5.07. The summed E-state index contributed by atoms with van der Waals surface area (Å²) in [5.74, 6) is -0.0462. The molecule has 0 saturated heterocycles. The second-order valence-corrected chi connectivity index (χ2v) is 8.51. The lowest BCUT2D eigenvalue weighted by Gasteiger charge is -2.13. The van der Waals surface area contributed by atoms with Crippen molar-refractivity contribution in [2.45, 2.75) is 35.8 Å². The smallest absolute Gasteiger partial charge is 0.226 e. The normalized spacial score (nSPS) is 10.8. The van der Waals surface area contributed by atoms with E-state index in [9.17, 15) is 4.79 Å². The van der Waals surface area contributed by atoms with Gasteiger partial charge in [-0.05, 0) is 47.3 Å². The van der Waals surface area contributed by atoms with Gasteiger partial charge >= 0.3 is 0 Å². The molecular weight excluding hydrogens is 378 g/mol. The fraction of sp³-hybridized carbons (Fsp3) is 0.235. The van der Waals surface area contributed by atoms with Crippen LogP contribution in [0.5, 0.6) is 0 Å². The monoisotopic (exact) mass is 395 g/mol. The SMILES string of the molecule is CC(=O)NSc1cccc(-c2ccc(Br)cc2SC(C)C)c1. The number of benzene rings is 2. The van der Waals surface area contributed by atoms with E-state index >= 15 is 0 Å². The first kappa shape index (κ1) is 17.4. The van der Waals surface area contributed by atoms with Gasteiger partial charge in [0.15, 0.2) is 0 Å². The van der Waals surface area contributed by atoms with E-state index in [2.05, 4.69) is 64.8 Å². The van der Waals surface area contributed by atoms with Crippen molar-refractivity contribution in [2.75, 3.05) is 0 Å². The number of nitrogens with one attached hydrogen (secondary N) is 1. The van der Waals surface area contributed by atoms with Crippen LogP contribution >= 0.6 is 39.6 Å². The first-order valence-electron chi connectivity index (χ1n) is 6.96. The quantitative estimate of drug-likeness (QED) is 0.515. The molecule has 0 spiro atoms. The van der Waals surface area contributed by atoms with Crippen LogP contribution in [0, 0.1) is 0 Å². The molecule has 5 heteroatoms. The fourth-order valence-corrected chi connectivity index (χ4v) is 4.07. The number of hydrogen-bond donors (Lipinski definition) is 1. The summed E-state index contributed by atoms with van der Waals surface area (Å²) >= 11 is 6.75. The van der Waals surface area contributed by atoms with Crippen molar-refractivity contribution >= 4 is 45.5 Å². The van der Waals surface area contributed by atoms with Crippen molar-refractivity contribution < 1.29 is 4.79 Å². The van der Waals surface area contributed by atoms with Crippen LogP contribution in [0.2, 0.25) is 0 Å². The van der Waals surface area contributed by atoms with Crippen molar-refractivity contribution in [2.24, 2.45) is 0 Å². The summed E-state index contributed by atoms with van der Waals surface area (Å²) in [6.45, 7) is 5.90. The van der Waals surface area contributed by atoms with Gasteiger partial charge in [-0.15, -0.1) is 11.8 Å². The zero-order chi connectivity index (χ0) is 16.1. The van der Waals surface area contributed by atoms with Gasteiger partial charge in [-0.2, -0.15) is 0 Å². The Hall–Kier alpha value is -0.910. The van der Waals surface area contributed by atoms with Gasteiger partial charge in [-0.25, -0.2) is 0 Å². The van der Waals surface area contributed by atoms with Crippen LogP contribution in [0.1, 0.15) is 20.8 Å². The first-order valence-corrected chi connectivity index (χ1v) is 9.44. The minimum atomic E-state index is -0.0462. The van der Waals surface area contributed by atoms with Crippen LogP contribution in [0.3, 0.4) is 0 Å². The molecule has 0 aliphatic heterocycles. The largest absolute Gasteiger partial charge is 0.296 e. The molecular formula is C17H18BrNOS2. The molecule has 1 N–H and O–H groups in total. The van der Waals surface area contributed by atoms with Gasteiger partial charge < -0.3 is 0 Å². The molecule has 116 valence electrons. The molecule has 0 aliphatic rings. The Bertz CT molecular complexity index is 673. The molecule has 2 nitrogen and oxygen atoms in total. The highest BCUT2D eigenvalue weighted by Crippen LogP contribution is 2.36. The number of halogens is 1. The standard InChI is InChI=1S/C17H18BrNOS2/c1-11(2)21-17-10-14(18)7-8-16(17)13-5-4-6-15(9-13)22-19-12(3)20/h4-11H,1-3H3,(H,19,20). The molecule has 0 fully saturated rings. The van der Waals surface area contributed by atoms with E-state index < -0.39 is 0 Å². The number of amides is 1. The summed E-state index contributed by atoms with van der Waals surface area (Å²) in [5, 5.41) is 0.519. The molecule has 0 aromatic heterocycles. The van der Waals surface area contributed by atoms with Crippen LogP contribution in [0.25, 0.3) is 11.1 Å². The molecule has 0 unspecified atom stereocenters. The lowest BCUT2D eigenvalue weighted by molar-refractivity contribution is -0.117. The number of thioether (sulfide) groups is 1. The molecule has 0 atom stereocenters. The Kier molecular flexibility index (Phi) is 6.41. The third-order valence-corrected chi connectivity index (χ3v) is 5.20. The van der Waals surface area contributed by atoms with Crippen molar-refractivity contribution in [3.63, 3.8) is 0 Å². The zero-order valence-electron chi connectivity index (χ0n) is 12.7. The predicted octanol–water partition coefficient (Wildman–Crippen LogP) is 5.76. The lowest BCUT2D eigenvalue weighted by Crippen LogP contribution is -2.09. The molecule has 2 aromatic carbocycles. The Balaban J connectivity index is 2.34. The minimum absolute atomic E-state index is 0.0462. The highest BCUT2D eigenvalue weighted by atomic mass is 79.9. The van der Waals surface area contributed by atoms with Crippen LogP contribution in [-0.4, -0.2) is 11.2 Å². The van der Waals surface area contributed by atoms with Gasteiger partial charge in [0, 0.05) is 26.4 Å². The van der Waals surface area contributed by atoms with Crippen molar-refractivity contribution in [1.82, 2.24) is 4.72 Å². The molecule has 0 radical (unpaired) electrons. The number of carbonyl (C=O) groups is 1. The molecule has 0 saturated carbocycles. The van der Waals surface area contributed by atoms with E-state index in [0.717, 1.165) is 14.9 Å². The zero-order valence-corrected chi connectivity index (χ0v) is 15.9. The maximum absolute atomic E-state index is 11.0. The summed E-state index contributed by atoms with van der Waals surface area (Å²) in [6.07, 6.45) is 0. The minimum Gasteiger partial charge on any atom is -0.296 e. The average molecular weight is 396 g/mol. The topological polar surface area (TPSA) is 29.1 Å². The Labute approximate surface area is 148 Å². The Morgan fingerprint density at radius 3 is 2.64 bits per heavy atom. The summed E-state index contributed by atoms with van der Waals surface area (Å²) in [6, 6.07) is 14.6. The maximum Gasteiger partial charge on any atom is 0.226 e. The van der Waals surface area contributed by atoms with Gasteiger partial charge in [-0.3, -0.25) is 9.52 Å². The molecule has 22 heavy (non-hydrogen) atoms. The van der Waals surface area contributed by atoms with E-state index in [-0.39, 0.29) is 5.91 Å². The van der Waals surface area contributed by atoms with Gasteiger partial charge in [-0.1, -0.05) is 48.0 Å². The van der Waals surface area contributed by atoms with Gasteiger partial charge in [0.2, 0.25) is 5.91 Å². The molecule has 1 amide bonds.